The molecule has 0 bridgehead atoms. The summed E-state index contributed by atoms with van der Waals surface area (Å²) in [6.45, 7) is 8.25. The van der Waals surface area contributed by atoms with E-state index in [9.17, 15) is 13.9 Å². The van der Waals surface area contributed by atoms with Gasteiger partial charge in [-0.1, -0.05) is 32.9 Å². The first-order chi connectivity index (χ1) is 9.71. The molecule has 1 aliphatic carbocycles. The molecular formula is C18H26F2O. The van der Waals surface area contributed by atoms with Crippen molar-refractivity contribution in [3.8, 4) is 0 Å². The third kappa shape index (κ3) is 3.45. The normalized spacial score (nSPS) is 24.9. The van der Waals surface area contributed by atoms with Crippen molar-refractivity contribution in [1.29, 1.82) is 0 Å². The fraction of sp³-hybridized carbons (Fsp3) is 0.667. The number of hydrogen-bond acceptors (Lipinski definition) is 1. The fourth-order valence-corrected chi connectivity index (χ4v) is 3.44. The molecule has 21 heavy (non-hydrogen) atoms. The second kappa shape index (κ2) is 6.04. The quantitative estimate of drug-likeness (QED) is 0.799. The Morgan fingerprint density at radius 1 is 1.05 bits per heavy atom. The maximum Gasteiger partial charge on any atom is 0.164 e. The van der Waals surface area contributed by atoms with Crippen molar-refractivity contribution in [2.45, 2.75) is 59.5 Å². The molecule has 0 aromatic heterocycles. The monoisotopic (exact) mass is 296 g/mol. The van der Waals surface area contributed by atoms with Crippen LogP contribution in [0.4, 0.5) is 8.78 Å². The SMILES string of the molecule is Cc1ccc(C(O)C2CCC(C(C)(C)C)CC2)c(F)c1F. The lowest BCUT2D eigenvalue weighted by Gasteiger charge is -2.38. The van der Waals surface area contributed by atoms with Gasteiger partial charge in [0.2, 0.25) is 0 Å². The zero-order valence-corrected chi connectivity index (χ0v) is 13.4. The number of halogens is 2. The van der Waals surface area contributed by atoms with Crippen LogP contribution in [-0.4, -0.2) is 5.11 Å². The highest BCUT2D eigenvalue weighted by Gasteiger charge is 2.33. The molecule has 0 amide bonds. The Kier molecular flexibility index (Phi) is 4.72. The van der Waals surface area contributed by atoms with Crippen molar-refractivity contribution >= 4 is 0 Å². The standard InChI is InChI=1S/C18H26F2O/c1-11-5-10-14(16(20)15(11)19)17(21)12-6-8-13(9-7-12)18(2,3)4/h5,10,12-13,17,21H,6-9H2,1-4H3. The summed E-state index contributed by atoms with van der Waals surface area (Å²) in [4.78, 5) is 0. The first-order valence-corrected chi connectivity index (χ1v) is 7.84. The number of aliphatic hydroxyl groups is 1. The molecule has 0 radical (unpaired) electrons. The lowest BCUT2D eigenvalue weighted by molar-refractivity contribution is 0.0502. The lowest BCUT2D eigenvalue weighted by atomic mass is 9.68. The van der Waals surface area contributed by atoms with Crippen LogP contribution in [0, 0.1) is 35.8 Å². The van der Waals surface area contributed by atoms with E-state index >= 15 is 0 Å². The predicted molar refractivity (Wildman–Crippen MR) is 81.0 cm³/mol. The molecule has 1 saturated carbocycles. The highest BCUT2D eigenvalue weighted by Crippen LogP contribution is 2.43. The van der Waals surface area contributed by atoms with Gasteiger partial charge in [0.15, 0.2) is 11.6 Å². The molecule has 1 aromatic carbocycles. The first kappa shape index (κ1) is 16.4. The molecule has 1 N–H and O–H groups in total. The molecular weight excluding hydrogens is 270 g/mol. The number of benzene rings is 1. The summed E-state index contributed by atoms with van der Waals surface area (Å²) in [7, 11) is 0. The largest absolute Gasteiger partial charge is 0.388 e. The van der Waals surface area contributed by atoms with Crippen LogP contribution in [0.1, 0.15) is 63.7 Å². The van der Waals surface area contributed by atoms with Gasteiger partial charge in [-0.3, -0.25) is 0 Å². The maximum atomic E-state index is 14.0. The second-order valence-corrected chi connectivity index (χ2v) is 7.52. The van der Waals surface area contributed by atoms with Gasteiger partial charge in [-0.25, -0.2) is 8.78 Å². The molecule has 1 aliphatic rings. The Hall–Kier alpha value is -0.960. The lowest BCUT2D eigenvalue weighted by Crippen LogP contribution is -2.28. The van der Waals surface area contributed by atoms with Gasteiger partial charge in [-0.15, -0.1) is 0 Å². The van der Waals surface area contributed by atoms with Gasteiger partial charge in [-0.2, -0.15) is 0 Å². The van der Waals surface area contributed by atoms with E-state index < -0.39 is 17.7 Å². The van der Waals surface area contributed by atoms with Crippen molar-refractivity contribution in [1.82, 2.24) is 0 Å². The molecule has 1 fully saturated rings. The van der Waals surface area contributed by atoms with E-state index in [0.29, 0.717) is 5.92 Å². The van der Waals surface area contributed by atoms with E-state index in [0.717, 1.165) is 25.7 Å². The van der Waals surface area contributed by atoms with E-state index in [1.807, 2.05) is 0 Å². The van der Waals surface area contributed by atoms with E-state index in [-0.39, 0.29) is 22.5 Å². The number of aliphatic hydroxyl groups excluding tert-OH is 1. The molecule has 2 rings (SSSR count). The van der Waals surface area contributed by atoms with Crippen LogP contribution in [0.15, 0.2) is 12.1 Å². The molecule has 1 unspecified atom stereocenters. The Bertz CT molecular complexity index is 497. The third-order valence-corrected chi connectivity index (χ3v) is 5.07. The molecule has 0 aliphatic heterocycles. The van der Waals surface area contributed by atoms with Gasteiger partial charge in [-0.05, 0) is 55.4 Å². The van der Waals surface area contributed by atoms with E-state index in [2.05, 4.69) is 20.8 Å². The van der Waals surface area contributed by atoms with Gasteiger partial charge < -0.3 is 5.11 Å². The maximum absolute atomic E-state index is 14.0. The van der Waals surface area contributed by atoms with Crippen LogP contribution in [0.25, 0.3) is 0 Å². The van der Waals surface area contributed by atoms with Crippen LogP contribution >= 0.6 is 0 Å². The van der Waals surface area contributed by atoms with Gasteiger partial charge >= 0.3 is 0 Å². The average Bonchev–Trinajstić information content (AvgIpc) is 2.43. The second-order valence-electron chi connectivity index (χ2n) is 7.52. The summed E-state index contributed by atoms with van der Waals surface area (Å²) in [6, 6.07) is 3.06. The first-order valence-electron chi connectivity index (χ1n) is 7.84. The zero-order valence-electron chi connectivity index (χ0n) is 13.4. The minimum absolute atomic E-state index is 0.0280. The summed E-state index contributed by atoms with van der Waals surface area (Å²) in [5.74, 6) is -1.06. The van der Waals surface area contributed by atoms with E-state index in [4.69, 9.17) is 0 Å². The van der Waals surface area contributed by atoms with Crippen molar-refractivity contribution in [3.05, 3.63) is 34.9 Å². The van der Waals surface area contributed by atoms with Crippen LogP contribution in [0.5, 0.6) is 0 Å². The molecule has 0 saturated heterocycles. The predicted octanol–water partition coefficient (Wildman–Crippen LogP) is 5.16. The molecule has 1 aromatic rings. The van der Waals surface area contributed by atoms with Crippen molar-refractivity contribution < 1.29 is 13.9 Å². The molecule has 0 spiro atoms. The minimum atomic E-state index is -0.902. The smallest absolute Gasteiger partial charge is 0.164 e. The molecule has 0 heterocycles. The number of hydrogen-bond donors (Lipinski definition) is 1. The van der Waals surface area contributed by atoms with Crippen LogP contribution in [-0.2, 0) is 0 Å². The average molecular weight is 296 g/mol. The van der Waals surface area contributed by atoms with Gasteiger partial charge in [0.05, 0.1) is 6.10 Å². The highest BCUT2D eigenvalue weighted by molar-refractivity contribution is 5.27. The van der Waals surface area contributed by atoms with Crippen LogP contribution in [0.2, 0.25) is 0 Å². The zero-order chi connectivity index (χ0) is 15.8. The van der Waals surface area contributed by atoms with Crippen molar-refractivity contribution in [2.24, 2.45) is 17.3 Å². The molecule has 1 nitrogen and oxygen atoms in total. The van der Waals surface area contributed by atoms with Gasteiger partial charge in [0.1, 0.15) is 0 Å². The fourth-order valence-electron chi connectivity index (χ4n) is 3.44. The number of rotatable bonds is 2. The Morgan fingerprint density at radius 3 is 2.14 bits per heavy atom. The summed E-state index contributed by atoms with van der Waals surface area (Å²) in [5.41, 5.74) is 0.661. The molecule has 118 valence electrons. The van der Waals surface area contributed by atoms with Crippen molar-refractivity contribution in [3.63, 3.8) is 0 Å². The Balaban J connectivity index is 2.09. The highest BCUT2D eigenvalue weighted by atomic mass is 19.2. The van der Waals surface area contributed by atoms with Gasteiger partial charge in [0.25, 0.3) is 0 Å². The summed E-state index contributed by atoms with van der Waals surface area (Å²) >= 11 is 0. The van der Waals surface area contributed by atoms with Crippen LogP contribution < -0.4 is 0 Å². The topological polar surface area (TPSA) is 20.2 Å². The molecule has 3 heteroatoms. The summed E-state index contributed by atoms with van der Waals surface area (Å²) in [6.07, 6.45) is 2.93. The Labute approximate surface area is 126 Å². The van der Waals surface area contributed by atoms with Crippen LogP contribution in [0.3, 0.4) is 0 Å². The van der Waals surface area contributed by atoms with Crippen molar-refractivity contribution in [2.75, 3.05) is 0 Å². The number of aryl methyl sites for hydroxylation is 1. The van der Waals surface area contributed by atoms with E-state index in [1.54, 1.807) is 0 Å². The van der Waals surface area contributed by atoms with Gasteiger partial charge in [0, 0.05) is 5.56 Å². The summed E-state index contributed by atoms with van der Waals surface area (Å²) < 4.78 is 27.6. The molecule has 1 atom stereocenters. The third-order valence-electron chi connectivity index (χ3n) is 5.07. The Morgan fingerprint density at radius 2 is 1.62 bits per heavy atom. The summed E-state index contributed by atoms with van der Waals surface area (Å²) in [5, 5.41) is 10.4. The van der Waals surface area contributed by atoms with E-state index in [1.165, 1.54) is 19.1 Å². The minimum Gasteiger partial charge on any atom is -0.388 e.